The molecule has 4 heteroatoms. The van der Waals surface area contributed by atoms with E-state index in [-0.39, 0.29) is 11.5 Å². The van der Waals surface area contributed by atoms with Gasteiger partial charge in [-0.15, -0.1) is 0 Å². The first-order valence-electron chi connectivity index (χ1n) is 4.51. The van der Waals surface area contributed by atoms with Gasteiger partial charge in [0.05, 0.1) is 0 Å². The van der Waals surface area contributed by atoms with Crippen LogP contribution in [-0.2, 0) is 4.79 Å². The van der Waals surface area contributed by atoms with Crippen LogP contribution in [0.25, 0.3) is 0 Å². The van der Waals surface area contributed by atoms with Crippen LogP contribution in [0.15, 0.2) is 0 Å². The van der Waals surface area contributed by atoms with E-state index in [1.165, 1.54) is 18.7 Å². The first kappa shape index (κ1) is 12.9. The Kier molecular flexibility index (Phi) is 7.23. The molecule has 0 fully saturated rings. The summed E-state index contributed by atoms with van der Waals surface area (Å²) in [6.07, 6.45) is -1.50. The minimum atomic E-state index is -1.40. The SMILES string of the molecule is CCC(=O)SCCCC(F)C(C)F. The molecule has 13 heavy (non-hydrogen) atoms. The average Bonchev–Trinajstić information content (AvgIpc) is 2.11. The van der Waals surface area contributed by atoms with E-state index >= 15 is 0 Å². The fourth-order valence-corrected chi connectivity index (χ4v) is 1.54. The van der Waals surface area contributed by atoms with E-state index in [1.807, 2.05) is 0 Å². The van der Waals surface area contributed by atoms with Crippen molar-refractivity contribution in [2.45, 2.75) is 45.5 Å². The molecule has 0 amide bonds. The van der Waals surface area contributed by atoms with Crippen molar-refractivity contribution in [2.24, 2.45) is 0 Å². The summed E-state index contributed by atoms with van der Waals surface area (Å²) in [5, 5.41) is 0.115. The van der Waals surface area contributed by atoms with Crippen molar-refractivity contribution in [3.63, 3.8) is 0 Å². The molecule has 1 nitrogen and oxygen atoms in total. The van der Waals surface area contributed by atoms with E-state index in [9.17, 15) is 13.6 Å². The zero-order valence-electron chi connectivity index (χ0n) is 8.06. The number of hydrogen-bond donors (Lipinski definition) is 0. The van der Waals surface area contributed by atoms with Crippen LogP contribution in [0.3, 0.4) is 0 Å². The third-order valence-corrected chi connectivity index (χ3v) is 2.78. The number of carbonyl (C=O) groups excluding carboxylic acids is 1. The summed E-state index contributed by atoms with van der Waals surface area (Å²) < 4.78 is 25.0. The molecule has 0 N–H and O–H groups in total. The van der Waals surface area contributed by atoms with Crippen LogP contribution >= 0.6 is 11.8 Å². The number of hydrogen-bond acceptors (Lipinski definition) is 2. The fraction of sp³-hybridized carbons (Fsp3) is 0.889. The van der Waals surface area contributed by atoms with Crippen LogP contribution in [0, 0.1) is 0 Å². The van der Waals surface area contributed by atoms with Gasteiger partial charge in [-0.05, 0) is 19.8 Å². The highest BCUT2D eigenvalue weighted by molar-refractivity contribution is 8.13. The predicted octanol–water partition coefficient (Wildman–Crippen LogP) is 3.13. The van der Waals surface area contributed by atoms with Gasteiger partial charge in [-0.25, -0.2) is 8.78 Å². The lowest BCUT2D eigenvalue weighted by Crippen LogP contribution is -2.13. The van der Waals surface area contributed by atoms with E-state index in [0.29, 0.717) is 18.6 Å². The lowest BCUT2D eigenvalue weighted by atomic mass is 10.2. The van der Waals surface area contributed by atoms with Crippen molar-refractivity contribution in [1.82, 2.24) is 0 Å². The van der Waals surface area contributed by atoms with Crippen LogP contribution in [-0.4, -0.2) is 23.2 Å². The maximum absolute atomic E-state index is 12.7. The molecule has 0 aliphatic rings. The van der Waals surface area contributed by atoms with E-state index in [1.54, 1.807) is 6.92 Å². The molecule has 0 radical (unpaired) electrons. The summed E-state index contributed by atoms with van der Waals surface area (Å²) >= 11 is 1.20. The van der Waals surface area contributed by atoms with Gasteiger partial charge >= 0.3 is 0 Å². The van der Waals surface area contributed by atoms with E-state index < -0.39 is 12.3 Å². The summed E-state index contributed by atoms with van der Waals surface area (Å²) in [6, 6.07) is 0. The van der Waals surface area contributed by atoms with Gasteiger partial charge in [0, 0.05) is 12.2 Å². The first-order valence-corrected chi connectivity index (χ1v) is 5.50. The predicted molar refractivity (Wildman–Crippen MR) is 52.5 cm³/mol. The lowest BCUT2D eigenvalue weighted by molar-refractivity contribution is -0.110. The van der Waals surface area contributed by atoms with Gasteiger partial charge in [-0.1, -0.05) is 18.7 Å². The molecule has 2 unspecified atom stereocenters. The Morgan fingerprint density at radius 3 is 2.54 bits per heavy atom. The van der Waals surface area contributed by atoms with Crippen molar-refractivity contribution in [2.75, 3.05) is 5.75 Å². The Morgan fingerprint density at radius 2 is 2.08 bits per heavy atom. The monoisotopic (exact) mass is 210 g/mol. The van der Waals surface area contributed by atoms with Crippen LogP contribution in [0.1, 0.15) is 33.1 Å². The van der Waals surface area contributed by atoms with E-state index in [2.05, 4.69) is 0 Å². The van der Waals surface area contributed by atoms with Crippen LogP contribution in [0.2, 0.25) is 0 Å². The third kappa shape index (κ3) is 6.99. The zero-order chi connectivity index (χ0) is 10.3. The number of halogens is 2. The fourth-order valence-electron chi connectivity index (χ4n) is 0.796. The number of thioether (sulfide) groups is 1. The Morgan fingerprint density at radius 1 is 1.46 bits per heavy atom. The molecule has 0 aromatic carbocycles. The maximum atomic E-state index is 12.7. The van der Waals surface area contributed by atoms with Gasteiger partial charge in [0.2, 0.25) is 0 Å². The number of alkyl halides is 2. The highest BCUT2D eigenvalue weighted by Crippen LogP contribution is 2.14. The normalized spacial score (nSPS) is 15.4. The second-order valence-electron chi connectivity index (χ2n) is 2.91. The smallest absolute Gasteiger partial charge is 0.188 e. The van der Waals surface area contributed by atoms with Gasteiger partial charge in [0.1, 0.15) is 12.3 Å². The first-order chi connectivity index (χ1) is 6.07. The van der Waals surface area contributed by atoms with Crippen LogP contribution in [0.4, 0.5) is 8.78 Å². The summed E-state index contributed by atoms with van der Waals surface area (Å²) in [6.45, 7) is 3.01. The lowest BCUT2D eigenvalue weighted by Gasteiger charge is -2.07. The molecule has 78 valence electrons. The summed E-state index contributed by atoms with van der Waals surface area (Å²) in [5.41, 5.74) is 0. The molecule has 0 aliphatic carbocycles. The van der Waals surface area contributed by atoms with Crippen molar-refractivity contribution in [3.05, 3.63) is 0 Å². The standard InChI is InChI=1S/C9H16F2OS/c1-3-9(12)13-6-4-5-8(11)7(2)10/h7-8H,3-6H2,1-2H3. The van der Waals surface area contributed by atoms with Gasteiger partial charge in [0.25, 0.3) is 0 Å². The van der Waals surface area contributed by atoms with E-state index in [0.717, 1.165) is 0 Å². The van der Waals surface area contributed by atoms with Crippen molar-refractivity contribution >= 4 is 16.9 Å². The third-order valence-electron chi connectivity index (χ3n) is 1.67. The molecule has 0 rings (SSSR count). The summed E-state index contributed by atoms with van der Waals surface area (Å²) in [7, 11) is 0. The molecule has 0 aromatic rings. The van der Waals surface area contributed by atoms with Crippen molar-refractivity contribution in [1.29, 1.82) is 0 Å². The molecule has 0 saturated carbocycles. The van der Waals surface area contributed by atoms with Gasteiger partial charge in [-0.3, -0.25) is 4.79 Å². The molecule has 0 bridgehead atoms. The van der Waals surface area contributed by atoms with Gasteiger partial charge in [-0.2, -0.15) is 0 Å². The number of rotatable bonds is 6. The van der Waals surface area contributed by atoms with Crippen molar-refractivity contribution < 1.29 is 13.6 Å². The Hall–Kier alpha value is -0.120. The average molecular weight is 210 g/mol. The number of carbonyl (C=O) groups is 1. The second kappa shape index (κ2) is 7.30. The minimum Gasteiger partial charge on any atom is -0.287 e. The summed E-state index contributed by atoms with van der Waals surface area (Å²) in [4.78, 5) is 10.8. The Balaban J connectivity index is 3.30. The minimum absolute atomic E-state index is 0.115. The molecule has 0 saturated heterocycles. The molecular weight excluding hydrogens is 194 g/mol. The quantitative estimate of drug-likeness (QED) is 0.626. The second-order valence-corrected chi connectivity index (χ2v) is 4.06. The molecule has 0 aromatic heterocycles. The molecule has 0 heterocycles. The van der Waals surface area contributed by atoms with Crippen LogP contribution < -0.4 is 0 Å². The Bertz CT molecular complexity index is 151. The maximum Gasteiger partial charge on any atom is 0.188 e. The molecule has 0 spiro atoms. The van der Waals surface area contributed by atoms with Gasteiger partial charge < -0.3 is 0 Å². The summed E-state index contributed by atoms with van der Waals surface area (Å²) in [5.74, 6) is 0.597. The van der Waals surface area contributed by atoms with E-state index in [4.69, 9.17) is 0 Å². The highest BCUT2D eigenvalue weighted by atomic mass is 32.2. The van der Waals surface area contributed by atoms with Gasteiger partial charge in [0.15, 0.2) is 5.12 Å². The van der Waals surface area contributed by atoms with Crippen LogP contribution in [0.5, 0.6) is 0 Å². The topological polar surface area (TPSA) is 17.1 Å². The van der Waals surface area contributed by atoms with Crippen molar-refractivity contribution in [3.8, 4) is 0 Å². The molecular formula is C9H16F2OS. The highest BCUT2D eigenvalue weighted by Gasteiger charge is 2.14. The Labute approximate surface area is 82.3 Å². The zero-order valence-corrected chi connectivity index (χ0v) is 8.87. The molecule has 0 aliphatic heterocycles. The largest absolute Gasteiger partial charge is 0.287 e. The molecule has 2 atom stereocenters.